The van der Waals surface area contributed by atoms with Crippen molar-refractivity contribution in [2.75, 3.05) is 13.6 Å². The number of likely N-dealkylation sites (N-methyl/N-ethyl adjacent to an activating group) is 1. The van der Waals surface area contributed by atoms with Crippen LogP contribution in [0.1, 0.15) is 26.3 Å². The molecule has 1 atom stereocenters. The Morgan fingerprint density at radius 3 is 2.55 bits per heavy atom. The minimum absolute atomic E-state index is 0.0754. The lowest BCUT2D eigenvalue weighted by molar-refractivity contribution is -0.887. The van der Waals surface area contributed by atoms with Gasteiger partial charge in [0.25, 0.3) is 0 Å². The Labute approximate surface area is 134 Å². The molecule has 0 radical (unpaired) electrons. The second-order valence-corrected chi connectivity index (χ2v) is 6.90. The van der Waals surface area contributed by atoms with Crippen LogP contribution >= 0.6 is 0 Å². The molecule has 0 aliphatic carbocycles. The molecular weight excluding hydrogens is 266 g/mol. The molecule has 1 heteroatoms. The quantitative estimate of drug-likeness (QED) is 0.823. The van der Waals surface area contributed by atoms with Gasteiger partial charge in [0.15, 0.2) is 0 Å². The zero-order chi connectivity index (χ0) is 16.0. The van der Waals surface area contributed by atoms with E-state index in [1.165, 1.54) is 21.2 Å². The maximum Gasteiger partial charge on any atom is 0.103 e. The van der Waals surface area contributed by atoms with Crippen molar-refractivity contribution in [1.82, 2.24) is 0 Å². The van der Waals surface area contributed by atoms with E-state index in [1.807, 2.05) is 6.08 Å². The first-order chi connectivity index (χ1) is 10.5. The van der Waals surface area contributed by atoms with Gasteiger partial charge in [0.1, 0.15) is 6.54 Å². The number of rotatable bonds is 4. The van der Waals surface area contributed by atoms with Gasteiger partial charge in [-0.05, 0) is 43.7 Å². The predicted molar refractivity (Wildman–Crippen MR) is 95.8 cm³/mol. The van der Waals surface area contributed by atoms with Crippen molar-refractivity contribution in [2.24, 2.45) is 5.41 Å². The molecule has 0 aliphatic rings. The third kappa shape index (κ3) is 5.06. The van der Waals surface area contributed by atoms with E-state index in [-0.39, 0.29) is 5.41 Å². The number of fused-ring (bicyclic) bond motifs is 1. The summed E-state index contributed by atoms with van der Waals surface area (Å²) in [5.74, 6) is 6.35. The Kier molecular flexibility index (Phi) is 5.41. The summed E-state index contributed by atoms with van der Waals surface area (Å²) in [6.45, 7) is 8.41. The minimum atomic E-state index is 0.0754. The zero-order valence-electron chi connectivity index (χ0n) is 14.1. The molecule has 1 N–H and O–H groups in total. The molecule has 1 nitrogen and oxygen atoms in total. The van der Waals surface area contributed by atoms with Crippen LogP contribution in [0.25, 0.3) is 10.8 Å². The Morgan fingerprint density at radius 1 is 1.05 bits per heavy atom. The highest BCUT2D eigenvalue weighted by atomic mass is 15.1. The van der Waals surface area contributed by atoms with Gasteiger partial charge in [-0.15, -0.1) is 0 Å². The fraction of sp³-hybridized carbons (Fsp3) is 0.333. The van der Waals surface area contributed by atoms with Gasteiger partial charge in [0, 0.05) is 11.0 Å². The van der Waals surface area contributed by atoms with E-state index in [9.17, 15) is 0 Å². The predicted octanol–water partition coefficient (Wildman–Crippen LogP) is 3.46. The van der Waals surface area contributed by atoms with Crippen molar-refractivity contribution in [3.05, 3.63) is 60.2 Å². The fourth-order valence-corrected chi connectivity index (χ4v) is 2.42. The van der Waals surface area contributed by atoms with Crippen molar-refractivity contribution in [1.29, 1.82) is 0 Å². The van der Waals surface area contributed by atoms with Gasteiger partial charge in [-0.3, -0.25) is 0 Å². The van der Waals surface area contributed by atoms with Crippen LogP contribution in [0.4, 0.5) is 0 Å². The number of benzene rings is 2. The van der Waals surface area contributed by atoms with Gasteiger partial charge in [0.2, 0.25) is 0 Å². The number of hydrogen-bond donors (Lipinski definition) is 1. The minimum Gasteiger partial charge on any atom is -0.330 e. The third-order valence-corrected chi connectivity index (χ3v) is 3.49. The monoisotopic (exact) mass is 292 g/mol. The van der Waals surface area contributed by atoms with Gasteiger partial charge in [-0.25, -0.2) is 0 Å². The van der Waals surface area contributed by atoms with Crippen molar-refractivity contribution in [2.45, 2.75) is 27.3 Å². The molecule has 2 aromatic rings. The summed E-state index contributed by atoms with van der Waals surface area (Å²) in [7, 11) is 2.23. The summed E-state index contributed by atoms with van der Waals surface area (Å²) < 4.78 is 0. The molecule has 0 bridgehead atoms. The molecule has 0 spiro atoms. The molecule has 2 rings (SSSR count). The topological polar surface area (TPSA) is 4.44 Å². The molecular formula is C21H26N+. The molecule has 22 heavy (non-hydrogen) atoms. The van der Waals surface area contributed by atoms with E-state index in [4.69, 9.17) is 0 Å². The van der Waals surface area contributed by atoms with Gasteiger partial charge in [-0.1, -0.05) is 54.3 Å². The number of quaternary nitrogens is 1. The van der Waals surface area contributed by atoms with Crippen LogP contribution in [0.5, 0.6) is 0 Å². The van der Waals surface area contributed by atoms with E-state index in [0.717, 1.165) is 13.1 Å². The van der Waals surface area contributed by atoms with Gasteiger partial charge in [0.05, 0.1) is 13.6 Å². The second kappa shape index (κ2) is 7.29. The molecule has 0 aliphatic heterocycles. The molecule has 0 heterocycles. The summed E-state index contributed by atoms with van der Waals surface area (Å²) >= 11 is 0. The zero-order valence-corrected chi connectivity index (χ0v) is 14.1. The van der Waals surface area contributed by atoms with Crippen molar-refractivity contribution in [3.63, 3.8) is 0 Å². The van der Waals surface area contributed by atoms with Gasteiger partial charge in [-0.2, -0.15) is 0 Å². The van der Waals surface area contributed by atoms with Crippen LogP contribution in [0, 0.1) is 17.3 Å². The van der Waals surface area contributed by atoms with Crippen LogP contribution in [0.15, 0.2) is 54.6 Å². The summed E-state index contributed by atoms with van der Waals surface area (Å²) in [5, 5.41) is 2.68. The molecule has 0 saturated carbocycles. The van der Waals surface area contributed by atoms with Gasteiger partial charge >= 0.3 is 0 Å². The largest absolute Gasteiger partial charge is 0.330 e. The maximum atomic E-state index is 3.22. The van der Waals surface area contributed by atoms with Crippen molar-refractivity contribution in [3.8, 4) is 11.8 Å². The summed E-state index contributed by atoms with van der Waals surface area (Å²) in [5.41, 5.74) is 1.48. The highest BCUT2D eigenvalue weighted by Crippen LogP contribution is 2.17. The van der Waals surface area contributed by atoms with Crippen LogP contribution in [0.2, 0.25) is 0 Å². The Bertz CT molecular complexity index is 702. The van der Waals surface area contributed by atoms with E-state index >= 15 is 0 Å². The first-order valence-electron chi connectivity index (χ1n) is 7.91. The third-order valence-electron chi connectivity index (χ3n) is 3.49. The molecule has 0 aromatic heterocycles. The van der Waals surface area contributed by atoms with Crippen LogP contribution < -0.4 is 4.90 Å². The highest BCUT2D eigenvalue weighted by Gasteiger charge is 2.05. The summed E-state index contributed by atoms with van der Waals surface area (Å²) in [6.07, 6.45) is 4.15. The number of hydrogen-bond acceptors (Lipinski definition) is 0. The van der Waals surface area contributed by atoms with E-state index in [0.29, 0.717) is 0 Å². The standard InChI is InChI=1S/C21H25N/c1-21(2,3)15-8-5-9-16-22(4)17-19-13-10-12-18-11-6-7-14-20(18)19/h5-7,9-14H,16-17H2,1-4H3/p+1. The van der Waals surface area contributed by atoms with Gasteiger partial charge < -0.3 is 4.90 Å². The molecule has 0 amide bonds. The second-order valence-electron chi connectivity index (χ2n) is 6.90. The molecule has 1 unspecified atom stereocenters. The Hall–Kier alpha value is -2.04. The Morgan fingerprint density at radius 2 is 1.77 bits per heavy atom. The lowest BCUT2D eigenvalue weighted by Gasteiger charge is -2.13. The first kappa shape index (κ1) is 16.3. The lowest BCUT2D eigenvalue weighted by atomic mass is 9.98. The van der Waals surface area contributed by atoms with E-state index in [1.54, 1.807) is 0 Å². The van der Waals surface area contributed by atoms with Crippen molar-refractivity contribution < 1.29 is 4.90 Å². The maximum absolute atomic E-state index is 3.22. The number of allylic oxidation sites excluding steroid dienone is 1. The first-order valence-corrected chi connectivity index (χ1v) is 7.91. The average Bonchev–Trinajstić information content (AvgIpc) is 2.46. The fourth-order valence-electron chi connectivity index (χ4n) is 2.42. The van der Waals surface area contributed by atoms with E-state index in [2.05, 4.69) is 88.2 Å². The molecule has 0 fully saturated rings. The highest BCUT2D eigenvalue weighted by molar-refractivity contribution is 5.85. The number of nitrogens with one attached hydrogen (secondary N) is 1. The van der Waals surface area contributed by atoms with Crippen molar-refractivity contribution >= 4 is 10.8 Å². The summed E-state index contributed by atoms with van der Waals surface area (Å²) in [6, 6.07) is 15.2. The molecule has 0 saturated heterocycles. The smallest absolute Gasteiger partial charge is 0.103 e. The Balaban J connectivity index is 1.98. The van der Waals surface area contributed by atoms with Crippen LogP contribution in [-0.4, -0.2) is 13.6 Å². The normalized spacial score (nSPS) is 13.1. The average molecular weight is 292 g/mol. The SMILES string of the molecule is C[NH+](CC=CC#CC(C)(C)C)Cc1cccc2ccccc12. The molecule has 2 aromatic carbocycles. The van der Waals surface area contributed by atoms with Crippen LogP contribution in [-0.2, 0) is 6.54 Å². The molecule has 114 valence electrons. The van der Waals surface area contributed by atoms with Crippen LogP contribution in [0.3, 0.4) is 0 Å². The van der Waals surface area contributed by atoms with E-state index < -0.39 is 0 Å². The lowest BCUT2D eigenvalue weighted by Crippen LogP contribution is -3.07. The summed E-state index contributed by atoms with van der Waals surface area (Å²) in [4.78, 5) is 1.46.